The van der Waals surface area contributed by atoms with E-state index in [9.17, 15) is 13.6 Å². The maximum atomic E-state index is 14.9. The first-order valence-electron chi connectivity index (χ1n) is 7.10. The van der Waals surface area contributed by atoms with Gasteiger partial charge in [0.2, 0.25) is 0 Å². The van der Waals surface area contributed by atoms with E-state index in [4.69, 9.17) is 5.84 Å². The summed E-state index contributed by atoms with van der Waals surface area (Å²) in [5.41, 5.74) is 2.98. The van der Waals surface area contributed by atoms with Gasteiger partial charge in [-0.3, -0.25) is 10.2 Å². The molecule has 1 heterocycles. The van der Waals surface area contributed by atoms with E-state index in [2.05, 4.69) is 10.3 Å². The third-order valence-corrected chi connectivity index (χ3v) is 3.72. The Hall–Kier alpha value is -3.00. The fraction of sp³-hybridized carbons (Fsp3) is 0.125. The molecule has 2 aromatic carbocycles. The van der Waals surface area contributed by atoms with Gasteiger partial charge in [0.15, 0.2) is 5.82 Å². The minimum absolute atomic E-state index is 0.0425. The van der Waals surface area contributed by atoms with Crippen molar-refractivity contribution in [2.45, 2.75) is 6.92 Å². The number of nitrogens with two attached hydrogens (primary N) is 1. The number of hydrogen-bond acceptors (Lipinski definition) is 4. The fourth-order valence-corrected chi connectivity index (χ4v) is 2.46. The zero-order valence-corrected chi connectivity index (χ0v) is 13.0. The van der Waals surface area contributed by atoms with Crippen LogP contribution in [0.25, 0.3) is 11.0 Å². The number of fused-ring (bicyclic) bond motifs is 1. The largest absolute Gasteiger partial charge is 0.350 e. The molecule has 6 nitrogen and oxygen atoms in total. The number of rotatable bonds is 3. The predicted octanol–water partition coefficient (Wildman–Crippen LogP) is 2.51. The molecule has 0 spiro atoms. The van der Waals surface area contributed by atoms with Gasteiger partial charge in [-0.1, -0.05) is 6.07 Å². The van der Waals surface area contributed by atoms with Crippen molar-refractivity contribution in [3.05, 3.63) is 53.4 Å². The number of imidazole rings is 1. The Morgan fingerprint density at radius 3 is 2.71 bits per heavy atom. The van der Waals surface area contributed by atoms with Gasteiger partial charge in [-0.25, -0.2) is 19.6 Å². The van der Waals surface area contributed by atoms with E-state index in [1.54, 1.807) is 24.6 Å². The molecule has 3 aromatic rings. The van der Waals surface area contributed by atoms with Crippen molar-refractivity contribution in [2.24, 2.45) is 12.9 Å². The number of aryl methyl sites for hydroxylation is 2. The average molecular weight is 331 g/mol. The second-order valence-corrected chi connectivity index (χ2v) is 5.42. The molecule has 4 N–H and O–H groups in total. The summed E-state index contributed by atoms with van der Waals surface area (Å²) in [4.78, 5) is 16.0. The molecule has 0 atom stereocenters. The number of nitrogens with one attached hydrogen (secondary N) is 2. The molecule has 0 unspecified atom stereocenters. The van der Waals surface area contributed by atoms with E-state index in [1.165, 1.54) is 24.5 Å². The quantitative estimate of drug-likeness (QED) is 0.391. The Morgan fingerprint density at radius 2 is 2.04 bits per heavy atom. The number of carbonyl (C=O) groups is 1. The smallest absolute Gasteiger partial charge is 0.267 e. The van der Waals surface area contributed by atoms with E-state index in [-0.39, 0.29) is 22.5 Å². The molecule has 0 fully saturated rings. The van der Waals surface area contributed by atoms with Crippen LogP contribution in [-0.4, -0.2) is 15.5 Å². The summed E-state index contributed by atoms with van der Waals surface area (Å²) in [6.45, 7) is 1.74. The second kappa shape index (κ2) is 5.89. The van der Waals surface area contributed by atoms with Gasteiger partial charge in [0.25, 0.3) is 5.91 Å². The van der Waals surface area contributed by atoms with Gasteiger partial charge in [0, 0.05) is 7.05 Å². The van der Waals surface area contributed by atoms with Crippen LogP contribution in [0.1, 0.15) is 15.9 Å². The number of carbonyl (C=O) groups excluding carboxylic acids is 1. The molecular formula is C16H15F2N5O. The van der Waals surface area contributed by atoms with Crippen molar-refractivity contribution in [3.63, 3.8) is 0 Å². The minimum Gasteiger partial charge on any atom is -0.350 e. The van der Waals surface area contributed by atoms with Crippen LogP contribution >= 0.6 is 0 Å². The van der Waals surface area contributed by atoms with Crippen LogP contribution in [0.4, 0.5) is 20.2 Å². The summed E-state index contributed by atoms with van der Waals surface area (Å²) >= 11 is 0. The van der Waals surface area contributed by atoms with Gasteiger partial charge >= 0.3 is 0 Å². The van der Waals surface area contributed by atoms with E-state index in [0.717, 1.165) is 5.56 Å². The van der Waals surface area contributed by atoms with Crippen molar-refractivity contribution < 1.29 is 13.6 Å². The van der Waals surface area contributed by atoms with E-state index >= 15 is 0 Å². The van der Waals surface area contributed by atoms with Crippen LogP contribution in [-0.2, 0) is 7.05 Å². The molecule has 0 saturated carbocycles. The Kier molecular flexibility index (Phi) is 3.90. The van der Waals surface area contributed by atoms with E-state index < -0.39 is 17.5 Å². The minimum atomic E-state index is -0.758. The fourth-order valence-electron chi connectivity index (χ4n) is 2.46. The highest BCUT2D eigenvalue weighted by atomic mass is 19.1. The summed E-state index contributed by atoms with van der Waals surface area (Å²) in [6, 6.07) is 5.90. The molecule has 0 aliphatic heterocycles. The molecule has 1 amide bonds. The monoisotopic (exact) mass is 331 g/mol. The molecule has 1 aromatic heterocycles. The lowest BCUT2D eigenvalue weighted by Crippen LogP contribution is -2.30. The SMILES string of the molecule is Cc1ccc(Nc2c(C(=O)NN)cc3c(ncn3C)c2F)c(F)c1. The number of anilines is 2. The Morgan fingerprint density at radius 1 is 1.29 bits per heavy atom. The van der Waals surface area contributed by atoms with Crippen LogP contribution in [0.3, 0.4) is 0 Å². The number of aromatic nitrogens is 2. The standard InChI is InChI=1S/C16H15F2N5O/c1-8-3-4-11(10(17)5-8)21-14-9(16(24)22-19)6-12-15(13(14)18)20-7-23(12)2/h3-7,21H,19H2,1-2H3,(H,22,24). The molecule has 8 heteroatoms. The normalized spacial score (nSPS) is 10.9. The van der Waals surface area contributed by atoms with Crippen LogP contribution in [0.2, 0.25) is 0 Å². The van der Waals surface area contributed by atoms with Crippen molar-refractivity contribution in [1.29, 1.82) is 0 Å². The molecular weight excluding hydrogens is 316 g/mol. The number of hydrogen-bond donors (Lipinski definition) is 3. The first kappa shape index (κ1) is 15.9. The van der Waals surface area contributed by atoms with Crippen molar-refractivity contribution in [3.8, 4) is 0 Å². The topological polar surface area (TPSA) is 85.0 Å². The molecule has 124 valence electrons. The lowest BCUT2D eigenvalue weighted by atomic mass is 10.1. The van der Waals surface area contributed by atoms with Gasteiger partial charge < -0.3 is 9.88 Å². The lowest BCUT2D eigenvalue weighted by Gasteiger charge is -2.14. The van der Waals surface area contributed by atoms with Gasteiger partial charge in [0.05, 0.1) is 28.8 Å². The summed E-state index contributed by atoms with van der Waals surface area (Å²) in [6.07, 6.45) is 1.42. The number of amides is 1. The Balaban J connectivity index is 2.21. The van der Waals surface area contributed by atoms with Gasteiger partial charge in [-0.05, 0) is 30.7 Å². The van der Waals surface area contributed by atoms with Crippen molar-refractivity contribution >= 4 is 28.3 Å². The number of halogens is 2. The lowest BCUT2D eigenvalue weighted by molar-refractivity contribution is 0.0954. The number of nitrogens with zero attached hydrogens (tertiary/aromatic N) is 2. The third-order valence-electron chi connectivity index (χ3n) is 3.72. The van der Waals surface area contributed by atoms with E-state index in [1.807, 2.05) is 5.43 Å². The predicted molar refractivity (Wildman–Crippen MR) is 86.7 cm³/mol. The maximum absolute atomic E-state index is 14.9. The summed E-state index contributed by atoms with van der Waals surface area (Å²) < 4.78 is 30.5. The third kappa shape index (κ3) is 2.56. The molecule has 0 bridgehead atoms. The van der Waals surface area contributed by atoms with Gasteiger partial charge in [-0.15, -0.1) is 0 Å². The molecule has 24 heavy (non-hydrogen) atoms. The second-order valence-electron chi connectivity index (χ2n) is 5.42. The molecule has 0 aliphatic rings. The maximum Gasteiger partial charge on any atom is 0.267 e. The van der Waals surface area contributed by atoms with E-state index in [0.29, 0.717) is 5.52 Å². The summed E-state index contributed by atoms with van der Waals surface area (Å²) in [5.74, 6) is 3.16. The van der Waals surface area contributed by atoms with Gasteiger partial charge in [0.1, 0.15) is 11.3 Å². The molecule has 0 aliphatic carbocycles. The highest BCUT2D eigenvalue weighted by Gasteiger charge is 2.21. The average Bonchev–Trinajstić information content (AvgIpc) is 2.92. The summed E-state index contributed by atoms with van der Waals surface area (Å²) in [5, 5.41) is 2.64. The number of nitrogen functional groups attached to an aromatic ring is 1. The Bertz CT molecular complexity index is 951. The summed E-state index contributed by atoms with van der Waals surface area (Å²) in [7, 11) is 1.67. The Labute approximate surface area is 136 Å². The highest BCUT2D eigenvalue weighted by Crippen LogP contribution is 2.31. The van der Waals surface area contributed by atoms with Crippen LogP contribution in [0.5, 0.6) is 0 Å². The van der Waals surface area contributed by atoms with Crippen LogP contribution in [0.15, 0.2) is 30.6 Å². The zero-order chi connectivity index (χ0) is 17.4. The van der Waals surface area contributed by atoms with Crippen molar-refractivity contribution in [1.82, 2.24) is 15.0 Å². The zero-order valence-electron chi connectivity index (χ0n) is 13.0. The molecule has 3 rings (SSSR count). The molecule has 0 radical (unpaired) electrons. The molecule has 0 saturated heterocycles. The number of hydrazine groups is 1. The van der Waals surface area contributed by atoms with Crippen LogP contribution in [0, 0.1) is 18.6 Å². The highest BCUT2D eigenvalue weighted by molar-refractivity contribution is 6.04. The van der Waals surface area contributed by atoms with Crippen molar-refractivity contribution in [2.75, 3.05) is 5.32 Å². The number of benzene rings is 2. The van der Waals surface area contributed by atoms with Crippen LogP contribution < -0.4 is 16.6 Å². The van der Waals surface area contributed by atoms with Gasteiger partial charge in [-0.2, -0.15) is 0 Å². The first-order valence-corrected chi connectivity index (χ1v) is 7.10. The first-order chi connectivity index (χ1) is 11.4.